The molecule has 7 nitrogen and oxygen atoms in total. The molecule has 2 rings (SSSR count). The zero-order chi connectivity index (χ0) is 20.1. The van der Waals surface area contributed by atoms with E-state index in [-0.39, 0.29) is 18.0 Å². The summed E-state index contributed by atoms with van der Waals surface area (Å²) >= 11 is 0. The fourth-order valence-electron chi connectivity index (χ4n) is 2.23. The highest BCUT2D eigenvalue weighted by Crippen LogP contribution is 2.32. The number of carbonyl (C=O) groups excluding carboxylic acids is 2. The number of pyridine rings is 2. The number of amides is 1. The molecule has 0 spiro atoms. The Morgan fingerprint density at radius 3 is 2.52 bits per heavy atom. The summed E-state index contributed by atoms with van der Waals surface area (Å²) in [5.41, 5.74) is -3.11. The van der Waals surface area contributed by atoms with Gasteiger partial charge < -0.3 is 4.74 Å². The highest BCUT2D eigenvalue weighted by Gasteiger charge is 2.68. The molecule has 0 saturated carbocycles. The van der Waals surface area contributed by atoms with Gasteiger partial charge in [-0.2, -0.15) is 13.2 Å². The van der Waals surface area contributed by atoms with Crippen LogP contribution in [0.5, 0.6) is 0 Å². The number of anilines is 1. The monoisotopic (exact) mass is 383 g/mol. The van der Waals surface area contributed by atoms with E-state index in [1.807, 2.05) is 0 Å². The lowest BCUT2D eigenvalue weighted by Crippen LogP contribution is -2.69. The Labute approximate surface area is 153 Å². The number of hydrogen-bond acceptors (Lipinski definition) is 5. The molecule has 1 atom stereocenters. The number of carbonyl (C=O) groups is 2. The van der Waals surface area contributed by atoms with Gasteiger partial charge in [-0.05, 0) is 32.0 Å². The largest absolute Gasteiger partial charge is 0.464 e. The summed E-state index contributed by atoms with van der Waals surface area (Å²) in [6, 6.07) is 7.06. The van der Waals surface area contributed by atoms with Crippen LogP contribution in [0, 0.1) is 6.92 Å². The predicted octanol–water partition coefficient (Wildman–Crippen LogP) is 1.87. The Bertz CT molecular complexity index is 815. The van der Waals surface area contributed by atoms with E-state index in [4.69, 9.17) is 0 Å². The second kappa shape index (κ2) is 8.02. The van der Waals surface area contributed by atoms with Crippen molar-refractivity contribution in [2.24, 2.45) is 0 Å². The molecule has 0 saturated heterocycles. The van der Waals surface area contributed by atoms with E-state index in [9.17, 15) is 22.8 Å². The van der Waals surface area contributed by atoms with Crippen molar-refractivity contribution in [1.29, 1.82) is 0 Å². The summed E-state index contributed by atoms with van der Waals surface area (Å²) in [7, 11) is 0. The maximum Gasteiger partial charge on any atom is 0.464 e. The number of esters is 1. The lowest BCUT2D eigenvalue weighted by atomic mass is 10.1. The molecule has 1 amide bonds. The second-order valence-electron chi connectivity index (χ2n) is 5.54. The van der Waals surface area contributed by atoms with Crippen LogP contribution in [-0.2, 0) is 9.53 Å². The van der Waals surface area contributed by atoms with Crippen LogP contribution in [-0.4, -0.2) is 35.3 Å². The fraction of sp³-hybridized carbons (Fsp3) is 0.294. The van der Waals surface area contributed by atoms with E-state index in [0.717, 1.165) is 6.20 Å². The first-order chi connectivity index (χ1) is 12.7. The molecular weight excluding hydrogens is 365 g/mol. The molecule has 144 valence electrons. The summed E-state index contributed by atoms with van der Waals surface area (Å²) in [5, 5.41) is 3.78. The van der Waals surface area contributed by atoms with Gasteiger partial charge in [-0.15, -0.1) is 0 Å². The van der Waals surface area contributed by atoms with Crippen LogP contribution in [0.4, 0.5) is 19.0 Å². The molecule has 0 radical (unpaired) electrons. The van der Waals surface area contributed by atoms with Crippen LogP contribution in [0.3, 0.4) is 0 Å². The molecule has 3 N–H and O–H groups in total. The third kappa shape index (κ3) is 4.52. The summed E-state index contributed by atoms with van der Waals surface area (Å²) in [4.78, 5) is 31.0. The van der Waals surface area contributed by atoms with Crippen LogP contribution in [0.1, 0.15) is 23.0 Å². The molecule has 10 heteroatoms. The number of rotatable bonds is 6. The topological polar surface area (TPSA) is 94.5 Å². The van der Waals surface area contributed by atoms with Gasteiger partial charge in [0.1, 0.15) is 0 Å². The molecule has 0 aliphatic carbocycles. The average Bonchev–Trinajstić information content (AvgIpc) is 2.61. The third-order valence-electron chi connectivity index (χ3n) is 3.49. The maximum absolute atomic E-state index is 14.0. The number of ether oxygens (including phenoxy) is 1. The van der Waals surface area contributed by atoms with Gasteiger partial charge in [0.15, 0.2) is 0 Å². The molecular formula is C17H18F3N4O3+. The van der Waals surface area contributed by atoms with Gasteiger partial charge in [0, 0.05) is 18.5 Å². The molecule has 0 aromatic carbocycles. The van der Waals surface area contributed by atoms with Crippen molar-refractivity contribution >= 4 is 17.7 Å². The number of aryl methyl sites for hydroxylation is 1. The quantitative estimate of drug-likeness (QED) is 0.587. The van der Waals surface area contributed by atoms with Gasteiger partial charge in [-0.3, -0.25) is 15.1 Å². The summed E-state index contributed by atoms with van der Waals surface area (Å²) in [6.45, 7) is 2.68. The zero-order valence-corrected chi connectivity index (χ0v) is 14.6. The number of aromatic amines is 1. The molecule has 2 heterocycles. The van der Waals surface area contributed by atoms with Crippen molar-refractivity contribution in [2.75, 3.05) is 11.9 Å². The van der Waals surface area contributed by atoms with E-state index in [1.165, 1.54) is 37.4 Å². The Morgan fingerprint density at radius 2 is 1.96 bits per heavy atom. The summed E-state index contributed by atoms with van der Waals surface area (Å²) < 4.78 is 46.6. The highest BCUT2D eigenvalue weighted by atomic mass is 19.4. The molecule has 0 fully saturated rings. The number of H-pyrrole nitrogens is 1. The van der Waals surface area contributed by atoms with Crippen molar-refractivity contribution in [2.45, 2.75) is 25.7 Å². The van der Waals surface area contributed by atoms with Crippen LogP contribution in [0.15, 0.2) is 42.7 Å². The van der Waals surface area contributed by atoms with Crippen LogP contribution in [0.2, 0.25) is 0 Å². The van der Waals surface area contributed by atoms with E-state index in [2.05, 4.69) is 20.0 Å². The first kappa shape index (κ1) is 20.1. The van der Waals surface area contributed by atoms with Gasteiger partial charge in [-0.25, -0.2) is 15.1 Å². The number of aromatic nitrogens is 2. The van der Waals surface area contributed by atoms with Gasteiger partial charge in [0.25, 0.3) is 11.7 Å². The molecule has 0 unspecified atom stereocenters. The number of alkyl halides is 3. The fourth-order valence-corrected chi connectivity index (χ4v) is 2.23. The average molecular weight is 383 g/mol. The lowest BCUT2D eigenvalue weighted by molar-refractivity contribution is -0.372. The lowest BCUT2D eigenvalue weighted by Gasteiger charge is -2.30. The first-order valence-corrected chi connectivity index (χ1v) is 7.93. The van der Waals surface area contributed by atoms with Crippen LogP contribution < -0.4 is 15.6 Å². The number of nitrogens with one attached hydrogen (secondary N) is 3. The van der Waals surface area contributed by atoms with Crippen molar-refractivity contribution in [3.8, 4) is 0 Å². The first-order valence-electron chi connectivity index (χ1n) is 7.93. The zero-order valence-electron chi connectivity index (χ0n) is 14.6. The Balaban J connectivity index is 2.50. The molecule has 0 bridgehead atoms. The molecule has 2 aromatic rings. The molecule has 27 heavy (non-hydrogen) atoms. The van der Waals surface area contributed by atoms with E-state index >= 15 is 0 Å². The van der Waals surface area contributed by atoms with Crippen molar-refractivity contribution in [3.05, 3.63) is 54.0 Å². The Kier molecular flexibility index (Phi) is 5.98. The standard InChI is InChI=1S/C17H17F3N4O3/c1-3-27-15(26)16(17(18,19)20,23-13-8-4-6-11(2)22-13)24-14(25)12-7-5-9-21-10-12/h4-10H,3H2,1-2H3,(H,22,23)(H,24,25)/p+1/t16-/m0/s1. The van der Waals surface area contributed by atoms with Gasteiger partial charge in [-0.1, -0.05) is 6.07 Å². The van der Waals surface area contributed by atoms with E-state index in [0.29, 0.717) is 5.69 Å². The third-order valence-corrected chi connectivity index (χ3v) is 3.49. The number of hydrogen-bond donors (Lipinski definition) is 2. The van der Waals surface area contributed by atoms with Crippen molar-refractivity contribution < 1.29 is 32.5 Å². The Morgan fingerprint density at radius 1 is 1.22 bits per heavy atom. The minimum Gasteiger partial charge on any atom is -0.461 e. The SMILES string of the molecule is CCOC(=O)[C@@](NC(=O)c1cccnc1)(Nc1cccc(C)[nH+]1)C(F)(F)F. The summed E-state index contributed by atoms with van der Waals surface area (Å²) in [6.07, 6.45) is -2.77. The normalized spacial score (nSPS) is 13.4. The predicted molar refractivity (Wildman–Crippen MR) is 88.5 cm³/mol. The van der Waals surface area contributed by atoms with Crippen LogP contribution >= 0.6 is 0 Å². The molecule has 0 aliphatic heterocycles. The van der Waals surface area contributed by atoms with Gasteiger partial charge in [0.05, 0.1) is 17.9 Å². The summed E-state index contributed by atoms with van der Waals surface area (Å²) in [5.74, 6) is -2.97. The molecule has 2 aromatic heterocycles. The van der Waals surface area contributed by atoms with Crippen molar-refractivity contribution in [3.63, 3.8) is 0 Å². The smallest absolute Gasteiger partial charge is 0.461 e. The minimum absolute atomic E-state index is 0.133. The van der Waals surface area contributed by atoms with Gasteiger partial charge >= 0.3 is 17.8 Å². The Hall–Kier alpha value is -3.17. The molecule has 0 aliphatic rings. The van der Waals surface area contributed by atoms with Crippen molar-refractivity contribution in [1.82, 2.24) is 10.3 Å². The second-order valence-corrected chi connectivity index (χ2v) is 5.54. The number of halogens is 3. The van der Waals surface area contributed by atoms with E-state index in [1.54, 1.807) is 18.3 Å². The number of nitrogens with zero attached hydrogens (tertiary/aromatic N) is 1. The van der Waals surface area contributed by atoms with Crippen LogP contribution in [0.25, 0.3) is 0 Å². The van der Waals surface area contributed by atoms with E-state index < -0.39 is 23.7 Å². The highest BCUT2D eigenvalue weighted by molar-refractivity contribution is 5.99. The minimum atomic E-state index is -5.21. The van der Waals surface area contributed by atoms with Gasteiger partial charge in [0.2, 0.25) is 0 Å². The maximum atomic E-state index is 14.0.